The van der Waals surface area contributed by atoms with Crippen molar-refractivity contribution in [3.05, 3.63) is 29.8 Å². The maximum atomic E-state index is 12.9. The molecule has 0 aliphatic carbocycles. The number of benzene rings is 1. The van der Waals surface area contributed by atoms with E-state index < -0.39 is 15.1 Å². The number of carbonyl (C=O) groups excluding carboxylic acids is 1. The first-order chi connectivity index (χ1) is 10.2. The lowest BCUT2D eigenvalue weighted by Gasteiger charge is -2.37. The molecular formula is C17H25NO3S. The van der Waals surface area contributed by atoms with Crippen molar-refractivity contribution in [2.75, 3.05) is 6.54 Å². The molecule has 1 saturated heterocycles. The molecule has 1 aliphatic rings. The maximum Gasteiger partial charge on any atom is 0.255 e. The number of sulfone groups is 1. The van der Waals surface area contributed by atoms with Crippen LogP contribution in [0.25, 0.3) is 0 Å². The number of carbonyl (C=O) groups is 1. The van der Waals surface area contributed by atoms with Crippen LogP contribution in [-0.2, 0) is 9.84 Å². The van der Waals surface area contributed by atoms with Crippen LogP contribution >= 0.6 is 0 Å². The highest BCUT2D eigenvalue weighted by Gasteiger charge is 2.31. The monoisotopic (exact) mass is 323 g/mol. The van der Waals surface area contributed by atoms with Crippen LogP contribution in [0.4, 0.5) is 0 Å². The molecule has 4 nitrogen and oxygen atoms in total. The molecule has 0 bridgehead atoms. The van der Waals surface area contributed by atoms with E-state index in [4.69, 9.17) is 0 Å². The first kappa shape index (κ1) is 17.0. The van der Waals surface area contributed by atoms with Gasteiger partial charge in [0.25, 0.3) is 5.91 Å². The summed E-state index contributed by atoms with van der Waals surface area (Å²) in [5.74, 6) is 0.285. The van der Waals surface area contributed by atoms with Crippen LogP contribution in [0.2, 0.25) is 0 Å². The lowest BCUT2D eigenvalue weighted by molar-refractivity contribution is 0.0570. The number of rotatable bonds is 3. The molecule has 1 aromatic rings. The Bertz CT molecular complexity index is 652. The number of piperidine rings is 1. The minimum absolute atomic E-state index is 0.151. The summed E-state index contributed by atoms with van der Waals surface area (Å²) >= 11 is 0. The van der Waals surface area contributed by atoms with Crippen molar-refractivity contribution in [3.63, 3.8) is 0 Å². The lowest BCUT2D eigenvalue weighted by Crippen LogP contribution is -2.45. The second-order valence-corrected chi connectivity index (χ2v) is 9.05. The normalized spacial score (nSPS) is 22.9. The van der Waals surface area contributed by atoms with E-state index >= 15 is 0 Å². The van der Waals surface area contributed by atoms with E-state index in [0.29, 0.717) is 18.0 Å². The number of amides is 1. The van der Waals surface area contributed by atoms with Crippen LogP contribution in [0.15, 0.2) is 29.2 Å². The van der Waals surface area contributed by atoms with Crippen LogP contribution in [0.1, 0.15) is 50.9 Å². The summed E-state index contributed by atoms with van der Waals surface area (Å²) in [7, 11) is -3.47. The Morgan fingerprint density at radius 2 is 1.82 bits per heavy atom. The molecule has 2 rings (SSSR count). The quantitative estimate of drug-likeness (QED) is 0.859. The van der Waals surface area contributed by atoms with E-state index in [2.05, 4.69) is 6.92 Å². The van der Waals surface area contributed by atoms with Crippen molar-refractivity contribution < 1.29 is 13.2 Å². The van der Waals surface area contributed by atoms with Crippen LogP contribution in [0.3, 0.4) is 0 Å². The second-order valence-electron chi connectivity index (χ2n) is 6.58. The lowest BCUT2D eigenvalue weighted by atomic mass is 9.94. The third kappa shape index (κ3) is 3.19. The summed E-state index contributed by atoms with van der Waals surface area (Å²) in [5.41, 5.74) is 0.303. The largest absolute Gasteiger partial charge is 0.336 e. The van der Waals surface area contributed by atoms with Crippen molar-refractivity contribution in [2.45, 2.75) is 56.7 Å². The molecule has 1 aliphatic heterocycles. The predicted molar refractivity (Wildman–Crippen MR) is 87.7 cm³/mol. The molecule has 1 heterocycles. The summed E-state index contributed by atoms with van der Waals surface area (Å²) in [5, 5.41) is -0.542. The average Bonchev–Trinajstić information content (AvgIpc) is 2.49. The number of hydrogen-bond acceptors (Lipinski definition) is 3. The van der Waals surface area contributed by atoms with Crippen LogP contribution in [-0.4, -0.2) is 37.1 Å². The van der Waals surface area contributed by atoms with Gasteiger partial charge in [0, 0.05) is 12.6 Å². The molecule has 1 fully saturated rings. The minimum Gasteiger partial charge on any atom is -0.336 e. The molecule has 2 atom stereocenters. The fourth-order valence-electron chi connectivity index (χ4n) is 2.87. The zero-order valence-electron chi connectivity index (χ0n) is 13.7. The van der Waals surface area contributed by atoms with Gasteiger partial charge >= 0.3 is 0 Å². The Hall–Kier alpha value is -1.36. The van der Waals surface area contributed by atoms with Gasteiger partial charge in [0.1, 0.15) is 0 Å². The molecular weight excluding hydrogens is 298 g/mol. The molecule has 122 valence electrons. The summed E-state index contributed by atoms with van der Waals surface area (Å²) in [6, 6.07) is 6.72. The molecule has 0 radical (unpaired) electrons. The molecule has 5 heteroatoms. The molecule has 1 amide bonds. The van der Waals surface area contributed by atoms with Crippen molar-refractivity contribution >= 4 is 15.7 Å². The number of likely N-dealkylation sites (tertiary alicyclic amines) is 1. The van der Waals surface area contributed by atoms with Gasteiger partial charge in [-0.05, 0) is 51.7 Å². The van der Waals surface area contributed by atoms with Gasteiger partial charge in [-0.25, -0.2) is 8.42 Å². The summed E-state index contributed by atoms with van der Waals surface area (Å²) in [6.07, 6.45) is 2.07. The van der Waals surface area contributed by atoms with E-state index in [1.807, 2.05) is 11.8 Å². The highest BCUT2D eigenvalue weighted by molar-refractivity contribution is 7.92. The van der Waals surface area contributed by atoms with E-state index in [0.717, 1.165) is 12.8 Å². The third-order valence-electron chi connectivity index (χ3n) is 4.42. The summed E-state index contributed by atoms with van der Waals surface area (Å²) < 4.78 is 25.0. The molecule has 0 N–H and O–H groups in total. The van der Waals surface area contributed by atoms with Crippen molar-refractivity contribution in [2.24, 2.45) is 5.92 Å². The smallest absolute Gasteiger partial charge is 0.255 e. The summed E-state index contributed by atoms with van der Waals surface area (Å²) in [6.45, 7) is 8.13. The zero-order valence-corrected chi connectivity index (χ0v) is 14.6. The van der Waals surface area contributed by atoms with E-state index in [-0.39, 0.29) is 16.8 Å². The molecule has 0 saturated carbocycles. The van der Waals surface area contributed by atoms with E-state index in [9.17, 15) is 13.2 Å². The molecule has 0 unspecified atom stereocenters. The Balaban J connectivity index is 2.43. The fraction of sp³-hybridized carbons (Fsp3) is 0.588. The SMILES string of the molecule is CC(C)S(=O)(=O)c1ccccc1C(=O)N1C[C@@H](C)CC[C@H]1C. The summed E-state index contributed by atoms with van der Waals surface area (Å²) in [4.78, 5) is 14.9. The average molecular weight is 323 g/mol. The van der Waals surface area contributed by atoms with Gasteiger partial charge < -0.3 is 4.90 Å². The van der Waals surface area contributed by atoms with Crippen molar-refractivity contribution in [3.8, 4) is 0 Å². The van der Waals surface area contributed by atoms with Crippen molar-refractivity contribution in [1.29, 1.82) is 0 Å². The molecule has 0 aromatic heterocycles. The van der Waals surface area contributed by atoms with Crippen LogP contribution < -0.4 is 0 Å². The fourth-order valence-corrected chi connectivity index (χ4v) is 4.11. The molecule has 0 spiro atoms. The first-order valence-electron chi connectivity index (χ1n) is 7.89. The first-order valence-corrected chi connectivity index (χ1v) is 9.43. The Morgan fingerprint density at radius 1 is 1.18 bits per heavy atom. The van der Waals surface area contributed by atoms with E-state index in [1.165, 1.54) is 0 Å². The van der Waals surface area contributed by atoms with Gasteiger partial charge in [-0.15, -0.1) is 0 Å². The Kier molecular flexibility index (Phi) is 4.95. The van der Waals surface area contributed by atoms with Crippen molar-refractivity contribution in [1.82, 2.24) is 4.90 Å². The van der Waals surface area contributed by atoms with Gasteiger partial charge in [0.15, 0.2) is 9.84 Å². The molecule has 1 aromatic carbocycles. The third-order valence-corrected chi connectivity index (χ3v) is 6.63. The van der Waals surface area contributed by atoms with Gasteiger partial charge in [-0.3, -0.25) is 4.79 Å². The number of nitrogens with zero attached hydrogens (tertiary/aromatic N) is 1. The van der Waals surface area contributed by atoms with E-state index in [1.54, 1.807) is 38.1 Å². The Morgan fingerprint density at radius 3 is 2.45 bits per heavy atom. The maximum absolute atomic E-state index is 12.9. The van der Waals surface area contributed by atoms with Gasteiger partial charge in [-0.1, -0.05) is 19.1 Å². The van der Waals surface area contributed by atoms with Gasteiger partial charge in [-0.2, -0.15) is 0 Å². The second kappa shape index (κ2) is 6.41. The molecule has 22 heavy (non-hydrogen) atoms. The number of hydrogen-bond donors (Lipinski definition) is 0. The highest BCUT2D eigenvalue weighted by atomic mass is 32.2. The topological polar surface area (TPSA) is 54.5 Å². The zero-order chi connectivity index (χ0) is 16.5. The Labute approximate surface area is 133 Å². The van der Waals surface area contributed by atoms with Gasteiger partial charge in [0.05, 0.1) is 15.7 Å². The predicted octanol–water partition coefficient (Wildman–Crippen LogP) is 3.13. The standard InChI is InChI=1S/C17H25NO3S/c1-12(2)22(20,21)16-8-6-5-7-15(16)17(19)18-11-13(3)9-10-14(18)4/h5-8,12-14H,9-11H2,1-4H3/t13-,14+/m0/s1. The van der Waals surface area contributed by atoms with Crippen LogP contribution in [0.5, 0.6) is 0 Å². The van der Waals surface area contributed by atoms with Gasteiger partial charge in [0.2, 0.25) is 0 Å². The minimum atomic E-state index is -3.47. The van der Waals surface area contributed by atoms with Crippen LogP contribution in [0, 0.1) is 5.92 Å². The highest BCUT2D eigenvalue weighted by Crippen LogP contribution is 2.27.